The lowest BCUT2D eigenvalue weighted by atomic mass is 10.0. The summed E-state index contributed by atoms with van der Waals surface area (Å²) in [5, 5.41) is 1.47. The third-order valence-corrected chi connectivity index (χ3v) is 5.22. The molecule has 0 saturated carbocycles. The summed E-state index contributed by atoms with van der Waals surface area (Å²) < 4.78 is 11.5. The van der Waals surface area contributed by atoms with Gasteiger partial charge in [0.15, 0.2) is 0 Å². The minimum absolute atomic E-state index is 0.328. The van der Waals surface area contributed by atoms with Crippen molar-refractivity contribution in [3.05, 3.63) is 74.1 Å². The van der Waals surface area contributed by atoms with Gasteiger partial charge in [0.05, 0.1) is 10.6 Å². The van der Waals surface area contributed by atoms with Crippen molar-refractivity contribution in [1.82, 2.24) is 4.90 Å². The fraction of sp³-hybridized carbons (Fsp3) is 0.318. The molecule has 4 rings (SSSR count). The van der Waals surface area contributed by atoms with Gasteiger partial charge in [0, 0.05) is 24.5 Å². The Bertz CT molecular complexity index is 1040. The van der Waals surface area contributed by atoms with E-state index in [1.165, 1.54) is 11.1 Å². The molecule has 2 aromatic carbocycles. The molecule has 5 heteroatoms. The van der Waals surface area contributed by atoms with Gasteiger partial charge in [0.1, 0.15) is 18.1 Å². The van der Waals surface area contributed by atoms with E-state index < -0.39 is 0 Å². The number of rotatable bonds is 4. The molecular formula is C22H22ClNO3. The zero-order valence-electron chi connectivity index (χ0n) is 15.5. The normalized spacial score (nSPS) is 14.2. The highest BCUT2D eigenvalue weighted by molar-refractivity contribution is 6.33. The van der Waals surface area contributed by atoms with Crippen LogP contribution >= 0.6 is 11.6 Å². The lowest BCUT2D eigenvalue weighted by Crippen LogP contribution is -2.32. The molecule has 140 valence electrons. The average Bonchev–Trinajstić information content (AvgIpc) is 2.65. The van der Waals surface area contributed by atoms with Crippen molar-refractivity contribution >= 4 is 22.6 Å². The molecule has 1 aromatic heterocycles. The molecule has 0 radical (unpaired) electrons. The van der Waals surface area contributed by atoms with Crippen LogP contribution in [0.15, 0.2) is 45.6 Å². The first-order valence-electron chi connectivity index (χ1n) is 9.24. The van der Waals surface area contributed by atoms with E-state index in [9.17, 15) is 4.79 Å². The van der Waals surface area contributed by atoms with E-state index in [0.29, 0.717) is 29.6 Å². The predicted octanol–water partition coefficient (Wildman–Crippen LogP) is 5.06. The number of aryl methyl sites for hydroxylation is 2. The predicted molar refractivity (Wildman–Crippen MR) is 107 cm³/mol. The summed E-state index contributed by atoms with van der Waals surface area (Å²) in [6.45, 7) is 6.00. The van der Waals surface area contributed by atoms with Crippen LogP contribution in [-0.2, 0) is 19.5 Å². The fourth-order valence-corrected chi connectivity index (χ4v) is 3.90. The summed E-state index contributed by atoms with van der Waals surface area (Å²) in [5.41, 5.74) is 4.55. The highest BCUT2D eigenvalue weighted by atomic mass is 35.5. The molecule has 27 heavy (non-hydrogen) atoms. The SMILES string of the molecule is CCCc1cc(=O)oc2c3c(c(Cl)cc12)OCN(Cc1ccc(C)cc1)C3. The van der Waals surface area contributed by atoms with Gasteiger partial charge in [0.25, 0.3) is 0 Å². The zero-order valence-corrected chi connectivity index (χ0v) is 16.3. The van der Waals surface area contributed by atoms with Gasteiger partial charge < -0.3 is 9.15 Å². The van der Waals surface area contributed by atoms with E-state index in [0.717, 1.165) is 35.9 Å². The Labute approximate surface area is 163 Å². The van der Waals surface area contributed by atoms with E-state index in [-0.39, 0.29) is 5.63 Å². The Kier molecular flexibility index (Phi) is 4.94. The quantitative estimate of drug-likeness (QED) is 0.590. The Morgan fingerprint density at radius 3 is 2.70 bits per heavy atom. The number of benzene rings is 2. The van der Waals surface area contributed by atoms with Gasteiger partial charge in [-0.15, -0.1) is 0 Å². The molecule has 2 heterocycles. The van der Waals surface area contributed by atoms with Crippen LogP contribution in [0.4, 0.5) is 0 Å². The van der Waals surface area contributed by atoms with Gasteiger partial charge in [0.2, 0.25) is 0 Å². The lowest BCUT2D eigenvalue weighted by Gasteiger charge is -2.30. The average molecular weight is 384 g/mol. The molecule has 0 unspecified atom stereocenters. The number of halogens is 1. The minimum Gasteiger partial charge on any atom is -0.476 e. The molecule has 0 saturated heterocycles. The van der Waals surface area contributed by atoms with Crippen molar-refractivity contribution < 1.29 is 9.15 Å². The second kappa shape index (κ2) is 7.37. The van der Waals surface area contributed by atoms with Crippen molar-refractivity contribution in [1.29, 1.82) is 0 Å². The van der Waals surface area contributed by atoms with Crippen LogP contribution in [0.2, 0.25) is 5.02 Å². The summed E-state index contributed by atoms with van der Waals surface area (Å²) in [7, 11) is 0. The Morgan fingerprint density at radius 2 is 1.96 bits per heavy atom. The molecule has 0 spiro atoms. The van der Waals surface area contributed by atoms with Gasteiger partial charge in [-0.05, 0) is 30.5 Å². The molecule has 4 nitrogen and oxygen atoms in total. The monoisotopic (exact) mass is 383 g/mol. The summed E-state index contributed by atoms with van der Waals surface area (Å²) in [5.74, 6) is 0.626. The molecule has 0 fully saturated rings. The Hall–Kier alpha value is -2.30. The number of fused-ring (bicyclic) bond motifs is 3. The second-order valence-electron chi connectivity index (χ2n) is 7.13. The fourth-order valence-electron chi connectivity index (χ4n) is 3.63. The van der Waals surface area contributed by atoms with Crippen molar-refractivity contribution in [3.63, 3.8) is 0 Å². The van der Waals surface area contributed by atoms with Crippen LogP contribution in [0, 0.1) is 6.92 Å². The number of ether oxygens (including phenoxy) is 1. The van der Waals surface area contributed by atoms with Gasteiger partial charge in [-0.1, -0.05) is 54.8 Å². The third-order valence-electron chi connectivity index (χ3n) is 4.94. The molecule has 3 aromatic rings. The van der Waals surface area contributed by atoms with E-state index in [1.807, 2.05) is 6.07 Å². The molecule has 1 aliphatic heterocycles. The lowest BCUT2D eigenvalue weighted by molar-refractivity contribution is 0.0890. The van der Waals surface area contributed by atoms with Crippen LogP contribution < -0.4 is 10.4 Å². The van der Waals surface area contributed by atoms with Crippen molar-refractivity contribution in [2.75, 3.05) is 6.73 Å². The van der Waals surface area contributed by atoms with Crippen LogP contribution in [0.3, 0.4) is 0 Å². The molecule has 0 amide bonds. The molecule has 0 bridgehead atoms. The Morgan fingerprint density at radius 1 is 1.19 bits per heavy atom. The zero-order chi connectivity index (χ0) is 19.0. The van der Waals surface area contributed by atoms with E-state index in [4.69, 9.17) is 20.8 Å². The van der Waals surface area contributed by atoms with Gasteiger partial charge in [-0.2, -0.15) is 0 Å². The number of hydrogen-bond acceptors (Lipinski definition) is 4. The van der Waals surface area contributed by atoms with Gasteiger partial charge in [-0.3, -0.25) is 4.90 Å². The van der Waals surface area contributed by atoms with Crippen LogP contribution in [0.5, 0.6) is 5.75 Å². The standard InChI is InChI=1S/C22H22ClNO3/c1-3-4-16-9-20(25)27-21-17(16)10-19(23)22-18(21)12-24(13-26-22)11-15-7-5-14(2)6-8-15/h5-10H,3-4,11-13H2,1-2H3. The summed E-state index contributed by atoms with van der Waals surface area (Å²) in [6, 6.07) is 11.9. The molecular weight excluding hydrogens is 362 g/mol. The highest BCUT2D eigenvalue weighted by Gasteiger charge is 2.25. The first kappa shape index (κ1) is 18.1. The van der Waals surface area contributed by atoms with Crippen LogP contribution in [0.1, 0.15) is 35.6 Å². The third kappa shape index (κ3) is 3.60. The number of nitrogens with zero attached hydrogens (tertiary/aromatic N) is 1. The molecule has 0 N–H and O–H groups in total. The van der Waals surface area contributed by atoms with E-state index in [1.54, 1.807) is 6.07 Å². The first-order valence-corrected chi connectivity index (χ1v) is 9.61. The maximum atomic E-state index is 12.1. The minimum atomic E-state index is -0.328. The largest absolute Gasteiger partial charge is 0.476 e. The van der Waals surface area contributed by atoms with Crippen molar-refractivity contribution in [2.24, 2.45) is 0 Å². The van der Waals surface area contributed by atoms with Gasteiger partial charge >= 0.3 is 5.63 Å². The second-order valence-corrected chi connectivity index (χ2v) is 7.54. The molecule has 0 aliphatic carbocycles. The van der Waals surface area contributed by atoms with Crippen molar-refractivity contribution in [2.45, 2.75) is 39.8 Å². The van der Waals surface area contributed by atoms with Crippen molar-refractivity contribution in [3.8, 4) is 5.75 Å². The smallest absolute Gasteiger partial charge is 0.336 e. The summed E-state index contributed by atoms with van der Waals surface area (Å²) in [4.78, 5) is 14.3. The van der Waals surface area contributed by atoms with E-state index >= 15 is 0 Å². The molecule has 0 atom stereocenters. The van der Waals surface area contributed by atoms with E-state index in [2.05, 4.69) is 43.0 Å². The topological polar surface area (TPSA) is 42.7 Å². The van der Waals surface area contributed by atoms with Crippen LogP contribution in [0.25, 0.3) is 11.0 Å². The summed E-state index contributed by atoms with van der Waals surface area (Å²) in [6.07, 6.45) is 1.76. The molecule has 1 aliphatic rings. The first-order chi connectivity index (χ1) is 13.0. The Balaban J connectivity index is 1.74. The number of hydrogen-bond donors (Lipinski definition) is 0. The van der Waals surface area contributed by atoms with Crippen LogP contribution in [-0.4, -0.2) is 11.6 Å². The highest BCUT2D eigenvalue weighted by Crippen LogP contribution is 2.39. The maximum Gasteiger partial charge on any atom is 0.336 e. The maximum absolute atomic E-state index is 12.1. The van der Waals surface area contributed by atoms with Gasteiger partial charge in [-0.25, -0.2) is 4.79 Å². The summed E-state index contributed by atoms with van der Waals surface area (Å²) >= 11 is 6.50.